The number of rotatable bonds is 3. The molecule has 0 aromatic heterocycles. The van der Waals surface area contributed by atoms with Crippen LogP contribution in [-0.4, -0.2) is 0 Å². The average Bonchev–Trinajstić information content (AvgIpc) is 2.39. The summed E-state index contributed by atoms with van der Waals surface area (Å²) in [7, 11) is 0. The maximum atomic E-state index is 13.6. The predicted octanol–water partition coefficient (Wildman–Crippen LogP) is 3.86. The van der Waals surface area contributed by atoms with Crippen molar-refractivity contribution in [3.05, 3.63) is 59.4 Å². The minimum Gasteiger partial charge on any atom is -0.397 e. The van der Waals surface area contributed by atoms with Gasteiger partial charge in [0.25, 0.3) is 0 Å². The normalized spacial score (nSPS) is 12.2. The van der Waals surface area contributed by atoms with Crippen molar-refractivity contribution in [2.24, 2.45) is 0 Å². The number of benzene rings is 2. The second kappa shape index (κ2) is 5.22. The largest absolute Gasteiger partial charge is 0.397 e. The molecule has 0 aliphatic heterocycles. The molecule has 2 aromatic carbocycles. The zero-order valence-electron chi connectivity index (χ0n) is 10.3. The lowest BCUT2D eigenvalue weighted by atomic mass is 10.1. The van der Waals surface area contributed by atoms with Gasteiger partial charge in [-0.25, -0.2) is 13.2 Å². The molecule has 100 valence electrons. The number of nitrogen functional groups attached to an aromatic ring is 1. The molecule has 2 rings (SSSR count). The highest BCUT2D eigenvalue weighted by Crippen LogP contribution is 2.29. The molecule has 0 saturated heterocycles. The Kier molecular flexibility index (Phi) is 3.64. The molecule has 19 heavy (non-hydrogen) atoms. The summed E-state index contributed by atoms with van der Waals surface area (Å²) in [6.07, 6.45) is 0. The number of nitrogens with two attached hydrogens (primary N) is 1. The van der Waals surface area contributed by atoms with Crippen molar-refractivity contribution in [1.29, 1.82) is 0 Å². The third-order valence-electron chi connectivity index (χ3n) is 2.86. The minimum atomic E-state index is -1.07. The lowest BCUT2D eigenvalue weighted by molar-refractivity contribution is 0.510. The van der Waals surface area contributed by atoms with Crippen LogP contribution in [0.4, 0.5) is 24.5 Å². The molecule has 0 spiro atoms. The molecule has 2 nitrogen and oxygen atoms in total. The van der Waals surface area contributed by atoms with E-state index in [0.29, 0.717) is 5.56 Å². The quantitative estimate of drug-likeness (QED) is 0.828. The van der Waals surface area contributed by atoms with Crippen molar-refractivity contribution in [3.63, 3.8) is 0 Å². The Balaban J connectivity index is 2.32. The second-order valence-electron chi connectivity index (χ2n) is 4.21. The van der Waals surface area contributed by atoms with Gasteiger partial charge in [-0.1, -0.05) is 18.2 Å². The van der Waals surface area contributed by atoms with Crippen molar-refractivity contribution in [3.8, 4) is 0 Å². The van der Waals surface area contributed by atoms with Gasteiger partial charge in [0, 0.05) is 5.56 Å². The van der Waals surface area contributed by atoms with Crippen LogP contribution >= 0.6 is 0 Å². The lowest BCUT2D eigenvalue weighted by Gasteiger charge is -2.18. The van der Waals surface area contributed by atoms with E-state index in [0.717, 1.165) is 6.07 Å². The molecule has 5 heteroatoms. The summed E-state index contributed by atoms with van der Waals surface area (Å²) >= 11 is 0. The molecule has 0 heterocycles. The van der Waals surface area contributed by atoms with Gasteiger partial charge in [0.2, 0.25) is 0 Å². The highest BCUT2D eigenvalue weighted by atomic mass is 19.2. The first kappa shape index (κ1) is 13.3. The van der Waals surface area contributed by atoms with Crippen LogP contribution in [0.25, 0.3) is 0 Å². The third-order valence-corrected chi connectivity index (χ3v) is 2.86. The van der Waals surface area contributed by atoms with Crippen molar-refractivity contribution in [2.45, 2.75) is 13.0 Å². The standard InChI is InChI=1S/C14H13F3N2/c1-8(9-4-2-3-5-10(9)15)19-14-12(18)7-6-11(16)13(14)17/h2-8,19H,18H2,1H3. The van der Waals surface area contributed by atoms with Gasteiger partial charge < -0.3 is 11.1 Å². The SMILES string of the molecule is CC(Nc1c(N)ccc(F)c1F)c1ccccc1F. The van der Waals surface area contributed by atoms with Crippen LogP contribution in [0, 0.1) is 17.5 Å². The van der Waals surface area contributed by atoms with Gasteiger partial charge in [0.1, 0.15) is 5.82 Å². The molecule has 0 amide bonds. The highest BCUT2D eigenvalue weighted by Gasteiger charge is 2.16. The molecule has 0 fully saturated rings. The fourth-order valence-electron chi connectivity index (χ4n) is 1.83. The molecule has 0 aliphatic carbocycles. The smallest absolute Gasteiger partial charge is 0.183 e. The summed E-state index contributed by atoms with van der Waals surface area (Å²) in [4.78, 5) is 0. The molecule has 1 atom stereocenters. The van der Waals surface area contributed by atoms with Crippen molar-refractivity contribution >= 4 is 11.4 Å². The molecule has 0 radical (unpaired) electrons. The van der Waals surface area contributed by atoms with E-state index in [-0.39, 0.29) is 11.4 Å². The Hall–Kier alpha value is -2.17. The van der Waals surface area contributed by atoms with Gasteiger partial charge in [-0.05, 0) is 25.1 Å². The van der Waals surface area contributed by atoms with Crippen LogP contribution in [-0.2, 0) is 0 Å². The van der Waals surface area contributed by atoms with Gasteiger partial charge in [-0.15, -0.1) is 0 Å². The van der Waals surface area contributed by atoms with Crippen LogP contribution in [0.5, 0.6) is 0 Å². The summed E-state index contributed by atoms with van der Waals surface area (Å²) in [5.74, 6) is -2.49. The number of nitrogens with one attached hydrogen (secondary N) is 1. The van der Waals surface area contributed by atoms with Crippen LogP contribution in [0.2, 0.25) is 0 Å². The van der Waals surface area contributed by atoms with Gasteiger partial charge in [-0.3, -0.25) is 0 Å². The number of hydrogen-bond donors (Lipinski definition) is 2. The molecule has 1 unspecified atom stereocenters. The molecule has 0 bridgehead atoms. The number of halogens is 3. The fourth-order valence-corrected chi connectivity index (χ4v) is 1.83. The summed E-state index contributed by atoms with van der Waals surface area (Å²) in [6, 6.07) is 7.77. The Morgan fingerprint density at radius 1 is 1.00 bits per heavy atom. The van der Waals surface area contributed by atoms with E-state index < -0.39 is 23.5 Å². The van der Waals surface area contributed by atoms with E-state index in [2.05, 4.69) is 5.32 Å². The topological polar surface area (TPSA) is 38.0 Å². The third kappa shape index (κ3) is 2.65. The van der Waals surface area contributed by atoms with E-state index in [1.54, 1.807) is 25.1 Å². The Morgan fingerprint density at radius 2 is 1.68 bits per heavy atom. The van der Waals surface area contributed by atoms with E-state index in [9.17, 15) is 13.2 Å². The zero-order valence-corrected chi connectivity index (χ0v) is 10.3. The first-order valence-electron chi connectivity index (χ1n) is 5.75. The number of anilines is 2. The second-order valence-corrected chi connectivity index (χ2v) is 4.21. The monoisotopic (exact) mass is 266 g/mol. The molecule has 3 N–H and O–H groups in total. The first-order chi connectivity index (χ1) is 9.00. The minimum absolute atomic E-state index is 0.0714. The predicted molar refractivity (Wildman–Crippen MR) is 69.2 cm³/mol. The molecule has 0 saturated carbocycles. The molecule has 0 aliphatic rings. The zero-order chi connectivity index (χ0) is 14.0. The van der Waals surface area contributed by atoms with Gasteiger partial charge in [0.05, 0.1) is 17.4 Å². The Labute approximate surface area is 109 Å². The highest BCUT2D eigenvalue weighted by molar-refractivity contribution is 5.67. The summed E-state index contributed by atoms with van der Waals surface area (Å²) in [6.45, 7) is 1.64. The van der Waals surface area contributed by atoms with Crippen molar-refractivity contribution < 1.29 is 13.2 Å². The summed E-state index contributed by atoms with van der Waals surface area (Å²) in [5.41, 5.74) is 5.86. The number of hydrogen-bond acceptors (Lipinski definition) is 2. The van der Waals surface area contributed by atoms with E-state index in [4.69, 9.17) is 5.73 Å². The Morgan fingerprint density at radius 3 is 2.37 bits per heavy atom. The first-order valence-corrected chi connectivity index (χ1v) is 5.75. The fraction of sp³-hybridized carbons (Fsp3) is 0.143. The van der Waals surface area contributed by atoms with Crippen LogP contribution < -0.4 is 11.1 Å². The lowest BCUT2D eigenvalue weighted by Crippen LogP contribution is -2.12. The van der Waals surface area contributed by atoms with Gasteiger partial charge in [-0.2, -0.15) is 0 Å². The molecular formula is C14H13F3N2. The van der Waals surface area contributed by atoms with Gasteiger partial charge >= 0.3 is 0 Å². The van der Waals surface area contributed by atoms with E-state index in [1.165, 1.54) is 12.1 Å². The van der Waals surface area contributed by atoms with E-state index >= 15 is 0 Å². The van der Waals surface area contributed by atoms with E-state index in [1.807, 2.05) is 0 Å². The summed E-state index contributed by atoms with van der Waals surface area (Å²) < 4.78 is 40.4. The van der Waals surface area contributed by atoms with Crippen molar-refractivity contribution in [1.82, 2.24) is 0 Å². The van der Waals surface area contributed by atoms with Crippen LogP contribution in [0.15, 0.2) is 36.4 Å². The van der Waals surface area contributed by atoms with Gasteiger partial charge in [0.15, 0.2) is 11.6 Å². The summed E-state index contributed by atoms with van der Waals surface area (Å²) in [5, 5.41) is 2.70. The van der Waals surface area contributed by atoms with Crippen LogP contribution in [0.3, 0.4) is 0 Å². The van der Waals surface area contributed by atoms with Crippen molar-refractivity contribution in [2.75, 3.05) is 11.1 Å². The molecule has 2 aromatic rings. The Bertz CT molecular complexity index is 599. The van der Waals surface area contributed by atoms with Crippen LogP contribution in [0.1, 0.15) is 18.5 Å². The maximum Gasteiger partial charge on any atom is 0.183 e. The average molecular weight is 266 g/mol. The molecular weight excluding hydrogens is 253 g/mol. The maximum absolute atomic E-state index is 13.6.